The van der Waals surface area contributed by atoms with Crippen LogP contribution in [0.15, 0.2) is 0 Å². The third-order valence-electron chi connectivity index (χ3n) is 4.10. The number of rotatable bonds is 4. The minimum absolute atomic E-state index is 0.0972. The summed E-state index contributed by atoms with van der Waals surface area (Å²) >= 11 is 0. The van der Waals surface area contributed by atoms with Crippen molar-refractivity contribution in [3.63, 3.8) is 0 Å². The lowest BCUT2D eigenvalue weighted by Gasteiger charge is -2.31. The van der Waals surface area contributed by atoms with Crippen molar-refractivity contribution in [2.75, 3.05) is 19.8 Å². The molecule has 2 unspecified atom stereocenters. The third kappa shape index (κ3) is 2.51. The van der Waals surface area contributed by atoms with E-state index in [1.54, 1.807) is 4.90 Å². The molecule has 0 radical (unpaired) electrons. The fraction of sp³-hybridized carbons (Fsp3) is 0.846. The molecule has 2 fully saturated rings. The molecule has 1 N–H and O–H groups in total. The van der Waals surface area contributed by atoms with Crippen LogP contribution in [0.1, 0.15) is 32.6 Å². The molecule has 2 aliphatic rings. The maximum atomic E-state index is 12.4. The SMILES string of the molecule is CCN(C(=O)C1CCCC1)C1COCC1C(=O)O. The van der Waals surface area contributed by atoms with E-state index in [-0.39, 0.29) is 24.5 Å². The summed E-state index contributed by atoms with van der Waals surface area (Å²) in [6.45, 7) is 3.04. The number of ether oxygens (including phenoxy) is 1. The van der Waals surface area contributed by atoms with Gasteiger partial charge in [0.15, 0.2) is 0 Å². The fourth-order valence-corrected chi connectivity index (χ4v) is 3.05. The number of carbonyl (C=O) groups excluding carboxylic acids is 1. The highest BCUT2D eigenvalue weighted by atomic mass is 16.5. The zero-order valence-corrected chi connectivity index (χ0v) is 10.8. The van der Waals surface area contributed by atoms with Gasteiger partial charge in [-0.05, 0) is 19.8 Å². The summed E-state index contributed by atoms with van der Waals surface area (Å²) in [5.41, 5.74) is 0. The minimum atomic E-state index is -0.866. The van der Waals surface area contributed by atoms with Gasteiger partial charge in [0.1, 0.15) is 5.92 Å². The standard InChI is InChI=1S/C13H21NO4/c1-2-14(12(15)9-5-3-4-6-9)11-8-18-7-10(11)13(16)17/h9-11H,2-8H2,1H3,(H,16,17). The van der Waals surface area contributed by atoms with Gasteiger partial charge < -0.3 is 14.7 Å². The smallest absolute Gasteiger partial charge is 0.311 e. The first-order chi connectivity index (χ1) is 8.65. The predicted molar refractivity (Wildman–Crippen MR) is 65.1 cm³/mol. The van der Waals surface area contributed by atoms with Crippen molar-refractivity contribution >= 4 is 11.9 Å². The molecule has 1 amide bonds. The summed E-state index contributed by atoms with van der Waals surface area (Å²) in [5.74, 6) is -1.22. The average Bonchev–Trinajstić information content (AvgIpc) is 3.00. The van der Waals surface area contributed by atoms with Crippen LogP contribution >= 0.6 is 0 Å². The van der Waals surface area contributed by atoms with Crippen molar-refractivity contribution in [2.24, 2.45) is 11.8 Å². The Morgan fingerprint density at radius 3 is 2.50 bits per heavy atom. The maximum absolute atomic E-state index is 12.4. The number of likely N-dealkylation sites (N-methyl/N-ethyl adjacent to an activating group) is 1. The Balaban J connectivity index is 2.07. The van der Waals surface area contributed by atoms with Gasteiger partial charge in [0.25, 0.3) is 0 Å². The van der Waals surface area contributed by atoms with Gasteiger partial charge in [-0.1, -0.05) is 12.8 Å². The lowest BCUT2D eigenvalue weighted by atomic mass is 9.99. The topological polar surface area (TPSA) is 66.8 Å². The number of carboxylic acids is 1. The Bertz CT molecular complexity index is 325. The van der Waals surface area contributed by atoms with E-state index in [4.69, 9.17) is 9.84 Å². The first-order valence-corrected chi connectivity index (χ1v) is 6.76. The van der Waals surface area contributed by atoms with Gasteiger partial charge in [-0.15, -0.1) is 0 Å². The van der Waals surface area contributed by atoms with Crippen LogP contribution in [0.5, 0.6) is 0 Å². The molecular formula is C13H21NO4. The van der Waals surface area contributed by atoms with Crippen molar-refractivity contribution in [3.05, 3.63) is 0 Å². The first-order valence-electron chi connectivity index (χ1n) is 6.76. The van der Waals surface area contributed by atoms with Gasteiger partial charge in [0, 0.05) is 12.5 Å². The summed E-state index contributed by atoms with van der Waals surface area (Å²) in [6.07, 6.45) is 4.11. The summed E-state index contributed by atoms with van der Waals surface area (Å²) in [5, 5.41) is 9.16. The second kappa shape index (κ2) is 5.69. The Kier molecular flexibility index (Phi) is 4.22. The molecule has 102 valence electrons. The molecule has 0 spiro atoms. The van der Waals surface area contributed by atoms with Gasteiger partial charge >= 0.3 is 5.97 Å². The minimum Gasteiger partial charge on any atom is -0.481 e. The average molecular weight is 255 g/mol. The van der Waals surface area contributed by atoms with Crippen LogP contribution < -0.4 is 0 Å². The van der Waals surface area contributed by atoms with Crippen molar-refractivity contribution < 1.29 is 19.4 Å². The zero-order valence-electron chi connectivity index (χ0n) is 10.8. The van der Waals surface area contributed by atoms with E-state index in [0.29, 0.717) is 13.2 Å². The second-order valence-corrected chi connectivity index (χ2v) is 5.16. The van der Waals surface area contributed by atoms with E-state index in [1.165, 1.54) is 0 Å². The highest BCUT2D eigenvalue weighted by molar-refractivity contribution is 5.81. The summed E-state index contributed by atoms with van der Waals surface area (Å²) in [4.78, 5) is 25.3. The molecule has 1 aliphatic heterocycles. The summed E-state index contributed by atoms with van der Waals surface area (Å²) in [7, 11) is 0. The molecule has 1 aliphatic carbocycles. The number of nitrogens with zero attached hydrogens (tertiary/aromatic N) is 1. The molecule has 5 nitrogen and oxygen atoms in total. The molecule has 1 saturated carbocycles. The third-order valence-corrected chi connectivity index (χ3v) is 4.10. The highest BCUT2D eigenvalue weighted by Crippen LogP contribution is 2.29. The Morgan fingerprint density at radius 1 is 1.28 bits per heavy atom. The molecule has 0 aromatic heterocycles. The van der Waals surface area contributed by atoms with Crippen molar-refractivity contribution in [3.8, 4) is 0 Å². The number of amides is 1. The largest absolute Gasteiger partial charge is 0.481 e. The van der Waals surface area contributed by atoms with Crippen LogP contribution in [-0.2, 0) is 14.3 Å². The fourth-order valence-electron chi connectivity index (χ4n) is 3.05. The molecule has 18 heavy (non-hydrogen) atoms. The molecule has 2 rings (SSSR count). The monoisotopic (exact) mass is 255 g/mol. The molecule has 2 atom stereocenters. The van der Waals surface area contributed by atoms with Gasteiger partial charge in [-0.3, -0.25) is 9.59 Å². The molecule has 1 heterocycles. The predicted octanol–water partition coefficient (Wildman–Crippen LogP) is 1.12. The highest BCUT2D eigenvalue weighted by Gasteiger charge is 2.41. The van der Waals surface area contributed by atoms with Crippen molar-refractivity contribution in [2.45, 2.75) is 38.6 Å². The lowest BCUT2D eigenvalue weighted by molar-refractivity contribution is -0.146. The number of carbonyl (C=O) groups is 2. The molecule has 0 bridgehead atoms. The summed E-state index contributed by atoms with van der Waals surface area (Å²) in [6, 6.07) is -0.291. The Morgan fingerprint density at radius 2 is 1.94 bits per heavy atom. The number of hydrogen-bond acceptors (Lipinski definition) is 3. The molecular weight excluding hydrogens is 234 g/mol. The van der Waals surface area contributed by atoms with Gasteiger partial charge in [0.05, 0.1) is 19.3 Å². The van der Waals surface area contributed by atoms with E-state index in [2.05, 4.69) is 0 Å². The van der Waals surface area contributed by atoms with Crippen molar-refractivity contribution in [1.29, 1.82) is 0 Å². The quantitative estimate of drug-likeness (QED) is 0.817. The van der Waals surface area contributed by atoms with Crippen LogP contribution in [0, 0.1) is 11.8 Å². The van der Waals surface area contributed by atoms with Gasteiger partial charge in [0.2, 0.25) is 5.91 Å². The zero-order chi connectivity index (χ0) is 13.1. The van der Waals surface area contributed by atoms with Crippen LogP contribution in [-0.4, -0.2) is 47.7 Å². The van der Waals surface area contributed by atoms with E-state index < -0.39 is 11.9 Å². The normalized spacial score (nSPS) is 28.5. The number of hydrogen-bond donors (Lipinski definition) is 1. The lowest BCUT2D eigenvalue weighted by Crippen LogP contribution is -2.48. The van der Waals surface area contributed by atoms with Gasteiger partial charge in [-0.2, -0.15) is 0 Å². The Hall–Kier alpha value is -1.10. The molecule has 1 saturated heterocycles. The molecule has 5 heteroatoms. The van der Waals surface area contributed by atoms with Crippen LogP contribution in [0.2, 0.25) is 0 Å². The van der Waals surface area contributed by atoms with Crippen LogP contribution in [0.25, 0.3) is 0 Å². The maximum Gasteiger partial charge on any atom is 0.311 e. The number of aliphatic carboxylic acids is 1. The summed E-state index contributed by atoms with van der Waals surface area (Å²) < 4.78 is 5.25. The van der Waals surface area contributed by atoms with E-state index in [0.717, 1.165) is 25.7 Å². The van der Waals surface area contributed by atoms with E-state index >= 15 is 0 Å². The second-order valence-electron chi connectivity index (χ2n) is 5.16. The van der Waals surface area contributed by atoms with Crippen LogP contribution in [0.4, 0.5) is 0 Å². The molecule has 0 aromatic carbocycles. The van der Waals surface area contributed by atoms with Crippen LogP contribution in [0.3, 0.4) is 0 Å². The number of carboxylic acid groups (broad SMARTS) is 1. The van der Waals surface area contributed by atoms with E-state index in [9.17, 15) is 9.59 Å². The Labute approximate surface area is 107 Å². The first kappa shape index (κ1) is 13.3. The van der Waals surface area contributed by atoms with E-state index in [1.807, 2.05) is 6.92 Å². The molecule has 0 aromatic rings. The van der Waals surface area contributed by atoms with Crippen molar-refractivity contribution in [1.82, 2.24) is 4.90 Å². The van der Waals surface area contributed by atoms with Gasteiger partial charge in [-0.25, -0.2) is 0 Å².